The number of carbonyl (C=O) groups excluding carboxylic acids is 1. The number of H-pyrrole nitrogens is 1. The van der Waals surface area contributed by atoms with E-state index in [2.05, 4.69) is 63.3 Å². The summed E-state index contributed by atoms with van der Waals surface area (Å²) in [6.07, 6.45) is 6.73. The van der Waals surface area contributed by atoms with Gasteiger partial charge in [-0.1, -0.05) is 45.0 Å². The Morgan fingerprint density at radius 3 is 2.00 bits per heavy atom. The zero-order valence-electron chi connectivity index (χ0n) is 22.1. The van der Waals surface area contributed by atoms with Crippen LogP contribution in [0.1, 0.15) is 56.8 Å². The van der Waals surface area contributed by atoms with E-state index < -0.39 is 5.41 Å². The fourth-order valence-electron chi connectivity index (χ4n) is 5.58. The molecule has 0 spiro atoms. The number of fused-ring (bicyclic) bond motifs is 1. The van der Waals surface area contributed by atoms with Crippen molar-refractivity contribution >= 4 is 28.3 Å². The summed E-state index contributed by atoms with van der Waals surface area (Å²) in [6, 6.07) is 17.0. The SMILES string of the molecule is CC(C)(C)C(=O)c1c(-c2cccc(N3CCCC3)c2)[nH]c2ncc(-c3cccc(N4CCCC4)c3)nc12. The molecule has 0 amide bonds. The Bertz CT molecular complexity index is 1450. The molecule has 2 fully saturated rings. The van der Waals surface area contributed by atoms with E-state index in [1.807, 2.05) is 27.0 Å². The maximum absolute atomic E-state index is 13.8. The van der Waals surface area contributed by atoms with Gasteiger partial charge >= 0.3 is 0 Å². The van der Waals surface area contributed by atoms with Crippen molar-refractivity contribution in [3.05, 3.63) is 60.3 Å². The molecule has 6 heteroatoms. The van der Waals surface area contributed by atoms with Crippen molar-refractivity contribution in [1.82, 2.24) is 15.0 Å². The van der Waals surface area contributed by atoms with Crippen LogP contribution in [0.15, 0.2) is 54.7 Å². The van der Waals surface area contributed by atoms with Gasteiger partial charge < -0.3 is 14.8 Å². The summed E-state index contributed by atoms with van der Waals surface area (Å²) in [6.45, 7) is 10.2. The molecule has 2 aliphatic rings. The van der Waals surface area contributed by atoms with Gasteiger partial charge in [0.25, 0.3) is 0 Å². The Morgan fingerprint density at radius 2 is 1.41 bits per heavy atom. The number of aromatic amines is 1. The van der Waals surface area contributed by atoms with Crippen LogP contribution in [0.2, 0.25) is 0 Å². The van der Waals surface area contributed by atoms with Crippen molar-refractivity contribution in [2.24, 2.45) is 5.41 Å². The average Bonchev–Trinajstić information content (AvgIpc) is 3.68. The zero-order chi connectivity index (χ0) is 25.6. The number of nitrogens with zero attached hydrogens (tertiary/aromatic N) is 4. The van der Waals surface area contributed by atoms with Gasteiger partial charge in [0.05, 0.1) is 23.1 Å². The maximum Gasteiger partial charge on any atom is 0.172 e. The van der Waals surface area contributed by atoms with E-state index in [1.165, 1.54) is 37.1 Å². The minimum atomic E-state index is -0.552. The van der Waals surface area contributed by atoms with Crippen molar-refractivity contribution < 1.29 is 4.79 Å². The van der Waals surface area contributed by atoms with Crippen LogP contribution < -0.4 is 9.80 Å². The minimum absolute atomic E-state index is 0.0672. The molecule has 0 atom stereocenters. The number of aromatic nitrogens is 3. The third-order valence-electron chi connectivity index (χ3n) is 7.63. The quantitative estimate of drug-likeness (QED) is 0.313. The second kappa shape index (κ2) is 9.33. The lowest BCUT2D eigenvalue weighted by Crippen LogP contribution is -2.21. The smallest absolute Gasteiger partial charge is 0.172 e. The largest absolute Gasteiger partial charge is 0.372 e. The van der Waals surface area contributed by atoms with Gasteiger partial charge in [-0.05, 0) is 49.9 Å². The van der Waals surface area contributed by atoms with Crippen LogP contribution in [0.3, 0.4) is 0 Å². The van der Waals surface area contributed by atoms with Crippen LogP contribution in [0.5, 0.6) is 0 Å². The third kappa shape index (κ3) is 4.50. The highest BCUT2D eigenvalue weighted by Crippen LogP contribution is 2.36. The maximum atomic E-state index is 13.8. The first-order chi connectivity index (χ1) is 17.9. The molecule has 190 valence electrons. The molecule has 37 heavy (non-hydrogen) atoms. The van der Waals surface area contributed by atoms with E-state index in [4.69, 9.17) is 9.97 Å². The summed E-state index contributed by atoms with van der Waals surface area (Å²) >= 11 is 0. The molecule has 2 saturated heterocycles. The number of hydrogen-bond acceptors (Lipinski definition) is 5. The fourth-order valence-corrected chi connectivity index (χ4v) is 5.58. The number of anilines is 2. The number of nitrogens with one attached hydrogen (secondary N) is 1. The number of Topliss-reactive ketones (excluding diaryl/α,β-unsaturated/α-hetero) is 1. The normalized spacial score (nSPS) is 16.2. The molecule has 1 N–H and O–H groups in total. The summed E-state index contributed by atoms with van der Waals surface area (Å²) in [5.41, 5.74) is 7.39. The van der Waals surface area contributed by atoms with Crippen LogP contribution in [-0.4, -0.2) is 46.9 Å². The molecule has 0 unspecified atom stereocenters. The van der Waals surface area contributed by atoms with E-state index in [0.717, 1.165) is 48.7 Å². The summed E-state index contributed by atoms with van der Waals surface area (Å²) in [7, 11) is 0. The highest BCUT2D eigenvalue weighted by Gasteiger charge is 2.31. The van der Waals surface area contributed by atoms with Crippen LogP contribution in [0.4, 0.5) is 11.4 Å². The molecule has 4 aromatic rings. The predicted octanol–water partition coefficient (Wildman–Crippen LogP) is 6.72. The average molecular weight is 494 g/mol. The molecule has 6 rings (SSSR count). The summed E-state index contributed by atoms with van der Waals surface area (Å²) < 4.78 is 0. The molecule has 0 radical (unpaired) electrons. The van der Waals surface area contributed by atoms with E-state index in [0.29, 0.717) is 16.7 Å². The monoisotopic (exact) mass is 493 g/mol. The number of carbonyl (C=O) groups is 1. The first kappa shape index (κ1) is 23.7. The fraction of sp³-hybridized carbons (Fsp3) is 0.387. The molecular formula is C31H35N5O. The second-order valence-corrected chi connectivity index (χ2v) is 11.4. The van der Waals surface area contributed by atoms with Crippen molar-refractivity contribution in [2.45, 2.75) is 46.5 Å². The zero-order valence-corrected chi connectivity index (χ0v) is 22.1. The topological polar surface area (TPSA) is 65.1 Å². The third-order valence-corrected chi connectivity index (χ3v) is 7.63. The minimum Gasteiger partial charge on any atom is -0.372 e. The lowest BCUT2D eigenvalue weighted by molar-refractivity contribution is 0.0860. The van der Waals surface area contributed by atoms with Gasteiger partial charge in [-0.25, -0.2) is 9.97 Å². The molecule has 6 nitrogen and oxygen atoms in total. The van der Waals surface area contributed by atoms with Gasteiger partial charge in [0.1, 0.15) is 5.52 Å². The van der Waals surface area contributed by atoms with Gasteiger partial charge in [-0.2, -0.15) is 0 Å². The van der Waals surface area contributed by atoms with E-state index in [1.54, 1.807) is 0 Å². The van der Waals surface area contributed by atoms with E-state index in [9.17, 15) is 4.79 Å². The Hall–Kier alpha value is -3.67. The van der Waals surface area contributed by atoms with Gasteiger partial charge in [-0.3, -0.25) is 4.79 Å². The Kier molecular flexibility index (Phi) is 5.98. The summed E-state index contributed by atoms with van der Waals surface area (Å²) in [5.74, 6) is 0.0672. The van der Waals surface area contributed by atoms with Crippen LogP contribution >= 0.6 is 0 Å². The van der Waals surface area contributed by atoms with Gasteiger partial charge in [0, 0.05) is 54.1 Å². The van der Waals surface area contributed by atoms with Gasteiger partial charge in [-0.15, -0.1) is 0 Å². The predicted molar refractivity (Wildman–Crippen MR) is 151 cm³/mol. The molecule has 0 bridgehead atoms. The number of rotatable bonds is 5. The number of hydrogen-bond donors (Lipinski definition) is 1. The highest BCUT2D eigenvalue weighted by atomic mass is 16.1. The molecular weight excluding hydrogens is 458 g/mol. The first-order valence-corrected chi connectivity index (χ1v) is 13.5. The van der Waals surface area contributed by atoms with Crippen LogP contribution in [0.25, 0.3) is 33.7 Å². The van der Waals surface area contributed by atoms with Crippen molar-refractivity contribution in [3.8, 4) is 22.5 Å². The van der Waals surface area contributed by atoms with Crippen molar-refractivity contribution in [2.75, 3.05) is 36.0 Å². The Balaban J connectivity index is 1.48. The van der Waals surface area contributed by atoms with Crippen molar-refractivity contribution in [3.63, 3.8) is 0 Å². The number of benzene rings is 2. The van der Waals surface area contributed by atoms with Crippen LogP contribution in [-0.2, 0) is 0 Å². The molecule has 0 aliphatic carbocycles. The van der Waals surface area contributed by atoms with Crippen molar-refractivity contribution in [1.29, 1.82) is 0 Å². The van der Waals surface area contributed by atoms with Gasteiger partial charge in [0.2, 0.25) is 0 Å². The Labute approximate surface area is 218 Å². The standard InChI is InChI=1S/C31H35N5O/c1-31(2,3)29(37)26-27(22-11-9-13-24(19-22)36-16-6-7-17-36)34-30-28(26)33-25(20-32-30)21-10-8-12-23(18-21)35-14-4-5-15-35/h8-13,18-20H,4-7,14-17H2,1-3H3,(H,32,34). The second-order valence-electron chi connectivity index (χ2n) is 11.4. The molecule has 4 heterocycles. The highest BCUT2D eigenvalue weighted by molar-refractivity contribution is 6.13. The first-order valence-electron chi connectivity index (χ1n) is 13.5. The Morgan fingerprint density at radius 1 is 0.838 bits per heavy atom. The number of ketones is 1. The lowest BCUT2D eigenvalue weighted by Gasteiger charge is -2.19. The summed E-state index contributed by atoms with van der Waals surface area (Å²) in [5, 5.41) is 0. The van der Waals surface area contributed by atoms with Crippen LogP contribution in [0, 0.1) is 5.41 Å². The molecule has 2 aromatic heterocycles. The van der Waals surface area contributed by atoms with E-state index in [-0.39, 0.29) is 5.78 Å². The molecule has 0 saturated carbocycles. The summed E-state index contributed by atoms with van der Waals surface area (Å²) in [4.78, 5) is 32.0. The molecule has 2 aromatic carbocycles. The van der Waals surface area contributed by atoms with Gasteiger partial charge in [0.15, 0.2) is 11.4 Å². The lowest BCUT2D eigenvalue weighted by atomic mass is 9.85. The van der Waals surface area contributed by atoms with E-state index >= 15 is 0 Å². The molecule has 2 aliphatic heterocycles.